The second kappa shape index (κ2) is 13.5. The zero-order valence-electron chi connectivity index (χ0n) is 10.7. The van der Waals surface area contributed by atoms with Gasteiger partial charge in [0, 0.05) is 13.8 Å². The van der Waals surface area contributed by atoms with E-state index in [1.54, 1.807) is 12.1 Å². The van der Waals surface area contributed by atoms with E-state index in [1.807, 2.05) is 0 Å². The van der Waals surface area contributed by atoms with Crippen LogP contribution in [-0.4, -0.2) is 37.0 Å². The molecule has 0 bridgehead atoms. The monoisotopic (exact) mass is 486 g/mol. The van der Waals surface area contributed by atoms with Gasteiger partial charge in [-0.3, -0.25) is 0 Å². The molecule has 17 heteroatoms. The molecule has 0 aliphatic heterocycles. The molecule has 0 aromatic heterocycles. The van der Waals surface area contributed by atoms with Crippen molar-refractivity contribution < 1.29 is 72.7 Å². The van der Waals surface area contributed by atoms with Gasteiger partial charge in [0.2, 0.25) is 0 Å². The number of nitrogens with zero attached hydrogens (tertiary/aromatic N) is 2. The number of halogens is 6. The largest absolute Gasteiger partial charge is 2.00 e. The van der Waals surface area contributed by atoms with Crippen molar-refractivity contribution in [2.24, 2.45) is 0 Å². The van der Waals surface area contributed by atoms with E-state index < -0.39 is 31.3 Å². The zero-order valence-corrected chi connectivity index (χ0v) is 13.9. The van der Waals surface area contributed by atoms with Crippen LogP contribution in [0.2, 0.25) is 0 Å². The van der Waals surface area contributed by atoms with Crippen LogP contribution in [0.4, 0.5) is 26.3 Å². The van der Waals surface area contributed by atoms with E-state index in [9.17, 15) is 26.3 Å². The van der Waals surface area contributed by atoms with Crippen molar-refractivity contribution in [3.63, 3.8) is 0 Å². The van der Waals surface area contributed by atoms with Crippen molar-refractivity contribution in [3.8, 4) is 12.1 Å². The third kappa shape index (κ3) is 26.3. The molecule has 0 amide bonds. The van der Waals surface area contributed by atoms with Crippen molar-refractivity contribution in [1.29, 1.82) is 10.5 Å². The van der Waals surface area contributed by atoms with Crippen molar-refractivity contribution in [3.05, 3.63) is 0 Å². The Morgan fingerprint density at radius 2 is 0.783 bits per heavy atom. The summed E-state index contributed by atoms with van der Waals surface area (Å²) in [6, 6.07) is 3.50. The summed E-state index contributed by atoms with van der Waals surface area (Å²) in [7, 11) is -12.2. The van der Waals surface area contributed by atoms with Gasteiger partial charge in [-0.05, 0) is 0 Å². The molecule has 140 valence electrons. The van der Waals surface area contributed by atoms with E-state index in [-0.39, 0.29) is 20.4 Å². The van der Waals surface area contributed by atoms with Gasteiger partial charge in [0.1, 0.15) is 0 Å². The fourth-order valence-electron chi connectivity index (χ4n) is 0. The zero-order chi connectivity index (χ0) is 19.4. The molecule has 0 saturated carbocycles. The van der Waals surface area contributed by atoms with Crippen LogP contribution >= 0.6 is 0 Å². The van der Waals surface area contributed by atoms with Crippen LogP contribution in [0.15, 0.2) is 0 Å². The summed E-state index contributed by atoms with van der Waals surface area (Å²) in [5.74, 6) is 0. The summed E-state index contributed by atoms with van der Waals surface area (Å²) >= 11 is 0. The minimum atomic E-state index is -6.09. The maximum Gasteiger partial charge on any atom is 2.00 e. The third-order valence-corrected chi connectivity index (χ3v) is 1.70. The third-order valence-electron chi connectivity index (χ3n) is 0.567. The summed E-state index contributed by atoms with van der Waals surface area (Å²) in [5.41, 5.74) is -11.3. The summed E-state index contributed by atoms with van der Waals surface area (Å²) in [4.78, 5) is 0. The first-order valence-electron chi connectivity index (χ1n) is 3.99. The molecule has 0 aromatic rings. The maximum absolute atomic E-state index is 10.7. The number of hydrogen-bond donors (Lipinski definition) is 0. The summed E-state index contributed by atoms with van der Waals surface area (Å²) in [6.07, 6.45) is 0. The Bertz CT molecular complexity index is 531. The van der Waals surface area contributed by atoms with Gasteiger partial charge in [-0.2, -0.15) is 36.9 Å². The molecule has 0 radical (unpaired) electrons. The van der Waals surface area contributed by atoms with E-state index in [1.165, 1.54) is 13.8 Å². The Morgan fingerprint density at radius 1 is 0.739 bits per heavy atom. The molecular weight excluding hydrogens is 481 g/mol. The average molecular weight is 487 g/mol. The Morgan fingerprint density at radius 3 is 0.783 bits per heavy atom. The number of hydrogen-bond acceptors (Lipinski definition) is 8. The van der Waals surface area contributed by atoms with Crippen LogP contribution in [0.3, 0.4) is 0 Å². The minimum Gasteiger partial charge on any atom is -0.741 e. The molecule has 0 aromatic carbocycles. The molecule has 8 nitrogen and oxygen atoms in total. The molecular formula is C6H6F6N2O6PdS2. The topological polar surface area (TPSA) is 162 Å². The first-order chi connectivity index (χ1) is 9.33. The van der Waals surface area contributed by atoms with Crippen molar-refractivity contribution in [1.82, 2.24) is 0 Å². The smallest absolute Gasteiger partial charge is 0.741 e. The predicted octanol–water partition coefficient (Wildman–Crippen LogP) is 1.16. The molecule has 0 N–H and O–H groups in total. The van der Waals surface area contributed by atoms with Crippen molar-refractivity contribution in [2.45, 2.75) is 24.9 Å². The molecule has 0 saturated heterocycles. The van der Waals surface area contributed by atoms with Crippen molar-refractivity contribution >= 4 is 20.2 Å². The molecule has 0 spiro atoms. The van der Waals surface area contributed by atoms with Crippen LogP contribution < -0.4 is 0 Å². The van der Waals surface area contributed by atoms with Crippen LogP contribution in [0, 0.1) is 22.7 Å². The van der Waals surface area contributed by atoms with E-state index in [0.29, 0.717) is 0 Å². The van der Waals surface area contributed by atoms with Crippen LogP contribution in [0.1, 0.15) is 13.8 Å². The van der Waals surface area contributed by atoms with Gasteiger partial charge in [0.15, 0.2) is 20.2 Å². The molecule has 23 heavy (non-hydrogen) atoms. The Hall–Kier alpha value is -0.958. The minimum absolute atomic E-state index is 0. The van der Waals surface area contributed by atoms with Gasteiger partial charge in [-0.1, -0.05) is 0 Å². The normalized spacial score (nSPS) is 10.4. The van der Waals surface area contributed by atoms with Gasteiger partial charge < -0.3 is 9.11 Å². The van der Waals surface area contributed by atoms with Crippen LogP contribution in [-0.2, 0) is 40.7 Å². The van der Waals surface area contributed by atoms with E-state index >= 15 is 0 Å². The predicted molar refractivity (Wildman–Crippen MR) is 54.1 cm³/mol. The summed E-state index contributed by atoms with van der Waals surface area (Å²) < 4.78 is 118. The molecule has 0 heterocycles. The van der Waals surface area contributed by atoms with Gasteiger partial charge >= 0.3 is 31.4 Å². The van der Waals surface area contributed by atoms with Crippen LogP contribution in [0.5, 0.6) is 0 Å². The molecule has 0 rings (SSSR count). The number of nitriles is 2. The first kappa shape index (κ1) is 33.6. The Kier molecular flexibility index (Phi) is 19.7. The molecule has 0 unspecified atom stereocenters. The van der Waals surface area contributed by atoms with Gasteiger partial charge in [-0.15, -0.1) is 0 Å². The quantitative estimate of drug-likeness (QED) is 0.213. The Balaban J connectivity index is -0.0000000680. The van der Waals surface area contributed by atoms with Crippen LogP contribution in [0.25, 0.3) is 0 Å². The Labute approximate surface area is 140 Å². The van der Waals surface area contributed by atoms with Gasteiger partial charge in [0.05, 0.1) is 12.1 Å². The fraction of sp³-hybridized carbons (Fsp3) is 0.667. The molecule has 0 fully saturated rings. The summed E-state index contributed by atoms with van der Waals surface area (Å²) in [6.45, 7) is 2.86. The molecule has 0 atom stereocenters. The average Bonchev–Trinajstić information content (AvgIpc) is 2.13. The van der Waals surface area contributed by atoms with Crippen molar-refractivity contribution in [2.75, 3.05) is 0 Å². The second-order valence-corrected chi connectivity index (χ2v) is 4.99. The number of rotatable bonds is 0. The van der Waals surface area contributed by atoms with Gasteiger partial charge in [0.25, 0.3) is 0 Å². The second-order valence-electron chi connectivity index (χ2n) is 2.25. The van der Waals surface area contributed by atoms with Gasteiger partial charge in [-0.25, -0.2) is 16.8 Å². The summed E-state index contributed by atoms with van der Waals surface area (Å²) in [5, 5.41) is 14.6. The molecule has 0 aliphatic carbocycles. The number of alkyl halides is 6. The van der Waals surface area contributed by atoms with E-state index in [0.717, 1.165) is 0 Å². The molecule has 0 aliphatic rings. The van der Waals surface area contributed by atoms with E-state index in [2.05, 4.69) is 0 Å². The van der Waals surface area contributed by atoms with E-state index in [4.69, 9.17) is 36.5 Å². The standard InChI is InChI=1S/2C2H3N.2CHF3O3S.Pd/c2*1-2-3;2*2-1(3,4)8(5,6)7;/h2*1H3;2*(H,5,6,7);/q;;;;+2/p-2. The SMILES string of the molecule is CC#N.CC#N.O=S(=O)([O-])C(F)(F)F.O=S(=O)([O-])C(F)(F)F.[Pd+2]. The fourth-order valence-corrected chi connectivity index (χ4v) is 0. The first-order valence-corrected chi connectivity index (χ1v) is 6.81. The maximum atomic E-state index is 10.7.